The van der Waals surface area contributed by atoms with E-state index >= 15 is 0 Å². The summed E-state index contributed by atoms with van der Waals surface area (Å²) in [7, 11) is 0. The molecule has 0 spiro atoms. The van der Waals surface area contributed by atoms with Crippen molar-refractivity contribution in [3.8, 4) is 0 Å². The molecule has 0 nitrogen and oxygen atoms in total. The summed E-state index contributed by atoms with van der Waals surface area (Å²) in [4.78, 5) is 0. The first-order chi connectivity index (χ1) is 9.88. The van der Waals surface area contributed by atoms with E-state index < -0.39 is 0 Å². The van der Waals surface area contributed by atoms with Gasteiger partial charge in [-0.1, -0.05) is 43.6 Å². The van der Waals surface area contributed by atoms with Gasteiger partial charge in [-0.15, -0.1) is 53.5 Å². The maximum absolute atomic E-state index is 2.52. The number of rotatable bonds is 0. The number of fused-ring (bicyclic) bond motifs is 5. The first-order valence-corrected chi connectivity index (χ1v) is 7.74. The molecule has 4 rings (SSSR count). The topological polar surface area (TPSA) is 0 Å². The molecule has 2 atom stereocenters. The quantitative estimate of drug-likeness (QED) is 0.586. The van der Waals surface area contributed by atoms with Crippen molar-refractivity contribution in [3.05, 3.63) is 83.7 Å². The highest BCUT2D eigenvalue weighted by atomic mass is 14.3. The van der Waals surface area contributed by atoms with Crippen molar-refractivity contribution in [2.45, 2.75) is 25.7 Å². The van der Waals surface area contributed by atoms with E-state index in [0.29, 0.717) is 11.8 Å². The van der Waals surface area contributed by atoms with Gasteiger partial charge in [0.25, 0.3) is 0 Å². The Hall–Kier alpha value is -1.82. The Balaban J connectivity index is 1.76. The van der Waals surface area contributed by atoms with E-state index in [0.717, 1.165) is 0 Å². The first kappa shape index (κ1) is 12.0. The second-order valence-corrected chi connectivity index (χ2v) is 6.24. The van der Waals surface area contributed by atoms with Gasteiger partial charge < -0.3 is 0 Å². The Kier molecular flexibility index (Phi) is 2.95. The average Bonchev–Trinajstić information content (AvgIpc) is 2.44. The number of hydrogen-bond acceptors (Lipinski definition) is 0. The van der Waals surface area contributed by atoms with Crippen LogP contribution in [0.15, 0.2) is 60.2 Å². The van der Waals surface area contributed by atoms with Crippen LogP contribution in [0.4, 0.5) is 0 Å². The second kappa shape index (κ2) is 4.94. The van der Waals surface area contributed by atoms with Gasteiger partial charge in [-0.25, -0.2) is 0 Å². The maximum Gasteiger partial charge on any atom is -0.0561 e. The molecule has 1 aromatic rings. The number of allylic oxidation sites excluding steroid dienone is 6. The highest BCUT2D eigenvalue weighted by molar-refractivity contribution is 5.48. The van der Waals surface area contributed by atoms with Crippen molar-refractivity contribution in [2.24, 2.45) is 11.8 Å². The monoisotopic (exact) mass is 260 g/mol. The van der Waals surface area contributed by atoms with Gasteiger partial charge in [-0.2, -0.15) is 24.1 Å². The second-order valence-electron chi connectivity index (χ2n) is 6.24. The Morgan fingerprint density at radius 1 is 1.10 bits per heavy atom. The molecule has 2 unspecified atom stereocenters. The van der Waals surface area contributed by atoms with E-state index in [4.69, 9.17) is 0 Å². The zero-order valence-electron chi connectivity index (χ0n) is 11.8. The first-order valence-electron chi connectivity index (χ1n) is 7.74. The predicted molar refractivity (Wildman–Crippen MR) is 84.0 cm³/mol. The van der Waals surface area contributed by atoms with Crippen molar-refractivity contribution < 1.29 is 0 Å². The maximum atomic E-state index is 2.52. The summed E-state index contributed by atoms with van der Waals surface area (Å²) in [5.41, 5.74) is 4.46. The third-order valence-corrected chi connectivity index (χ3v) is 4.81. The van der Waals surface area contributed by atoms with Gasteiger partial charge in [0.15, 0.2) is 0 Å². The van der Waals surface area contributed by atoms with Crippen LogP contribution in [0.1, 0.15) is 30.4 Å². The highest BCUT2D eigenvalue weighted by Crippen LogP contribution is 2.39. The summed E-state index contributed by atoms with van der Waals surface area (Å²) < 4.78 is 0. The lowest BCUT2D eigenvalue weighted by Crippen LogP contribution is -2.19. The lowest BCUT2D eigenvalue weighted by molar-refractivity contribution is 0.438. The summed E-state index contributed by atoms with van der Waals surface area (Å²) >= 11 is 0. The van der Waals surface area contributed by atoms with Gasteiger partial charge in [-0.3, -0.25) is 0 Å². The largest absolute Gasteiger partial charge is 0.189 e. The zero-order valence-corrected chi connectivity index (χ0v) is 11.8. The molecule has 102 valence electrons. The van der Waals surface area contributed by atoms with Gasteiger partial charge >= 0.3 is 0 Å². The molecule has 0 saturated carbocycles. The molecule has 0 heterocycles. The molecule has 0 amide bonds. The molecule has 3 aliphatic carbocycles. The van der Waals surface area contributed by atoms with E-state index in [1.165, 1.54) is 48.3 Å². The van der Waals surface area contributed by atoms with Crippen LogP contribution in [0.25, 0.3) is 0 Å². The Morgan fingerprint density at radius 2 is 2.05 bits per heavy atom. The molecular weight excluding hydrogens is 240 g/mol. The van der Waals surface area contributed by atoms with Crippen molar-refractivity contribution >= 4 is 0 Å². The van der Waals surface area contributed by atoms with Crippen LogP contribution in [-0.2, 0) is 6.42 Å². The van der Waals surface area contributed by atoms with Crippen LogP contribution in [0.5, 0.6) is 0 Å². The number of hydrogen-bond donors (Lipinski definition) is 0. The Bertz CT molecular complexity index is 588. The molecule has 0 N–H and O–H groups in total. The zero-order chi connectivity index (χ0) is 13.4. The fourth-order valence-corrected chi connectivity index (χ4v) is 3.75. The van der Waals surface area contributed by atoms with E-state index in [1.54, 1.807) is 0 Å². The molecule has 0 aliphatic heterocycles. The molecule has 0 heteroatoms. The van der Waals surface area contributed by atoms with Gasteiger partial charge in [0.1, 0.15) is 0 Å². The lowest BCUT2D eigenvalue weighted by Gasteiger charge is -2.39. The van der Waals surface area contributed by atoms with Crippen LogP contribution >= 0.6 is 0 Å². The fraction of sp³-hybridized carbons (Fsp3) is 0.300. The summed E-state index contributed by atoms with van der Waals surface area (Å²) in [6, 6.07) is 8.95. The normalized spacial score (nSPS) is 30.0. The number of benzene rings is 1. The predicted octanol–water partition coefficient (Wildman–Crippen LogP) is 4.84. The van der Waals surface area contributed by atoms with Gasteiger partial charge in [0, 0.05) is 0 Å². The van der Waals surface area contributed by atoms with Crippen molar-refractivity contribution in [3.63, 3.8) is 0 Å². The molecule has 0 fully saturated rings. The highest BCUT2D eigenvalue weighted by Gasteiger charge is 2.19. The SMILES string of the molecule is C1=C/C2=C/C3CCC([CH-]c4ccccc4C3)C[C-]2C=C1. The van der Waals surface area contributed by atoms with E-state index in [9.17, 15) is 0 Å². The van der Waals surface area contributed by atoms with E-state index in [1.807, 2.05) is 0 Å². The smallest absolute Gasteiger partial charge is 0.0561 e. The minimum atomic E-state index is 0.689. The van der Waals surface area contributed by atoms with Crippen LogP contribution in [-0.4, -0.2) is 0 Å². The average molecular weight is 260 g/mol. The van der Waals surface area contributed by atoms with Crippen molar-refractivity contribution in [1.82, 2.24) is 0 Å². The molecule has 0 radical (unpaired) electrons. The van der Waals surface area contributed by atoms with E-state index in [-0.39, 0.29) is 0 Å². The third kappa shape index (κ3) is 2.20. The van der Waals surface area contributed by atoms with Crippen LogP contribution < -0.4 is 0 Å². The van der Waals surface area contributed by atoms with Crippen molar-refractivity contribution in [2.75, 3.05) is 0 Å². The van der Waals surface area contributed by atoms with Crippen molar-refractivity contribution in [1.29, 1.82) is 0 Å². The van der Waals surface area contributed by atoms with Crippen LogP contribution in [0.3, 0.4) is 0 Å². The molecule has 0 aromatic heterocycles. The molecule has 2 bridgehead atoms. The summed E-state index contributed by atoms with van der Waals surface area (Å²) in [6.07, 6.45) is 19.0. The van der Waals surface area contributed by atoms with E-state index in [2.05, 4.69) is 61.1 Å². The Morgan fingerprint density at radius 3 is 3.05 bits per heavy atom. The lowest BCUT2D eigenvalue weighted by atomic mass is 9.73. The molecule has 3 aliphatic rings. The minimum absolute atomic E-state index is 0.689. The molecule has 1 aromatic carbocycles. The summed E-state index contributed by atoms with van der Waals surface area (Å²) in [6.45, 7) is 0. The summed E-state index contributed by atoms with van der Waals surface area (Å²) in [5, 5.41) is 0. The fourth-order valence-electron chi connectivity index (χ4n) is 3.75. The van der Waals surface area contributed by atoms with Gasteiger partial charge in [-0.05, 0) is 0 Å². The van der Waals surface area contributed by atoms with Gasteiger partial charge in [0.05, 0.1) is 0 Å². The third-order valence-electron chi connectivity index (χ3n) is 4.81. The molecule has 0 saturated heterocycles. The standard InChI is InChI=1S/C20H20/c1-2-6-18-12-16-10-9-15(11-17(18)5-1)13-19-7-3-4-8-20(19)14-16/h1-8,11,14-16H,9-10,12-13H2/q-2/b17-11-. The summed E-state index contributed by atoms with van der Waals surface area (Å²) in [5.74, 6) is 2.90. The van der Waals surface area contributed by atoms with Gasteiger partial charge in [0.2, 0.25) is 0 Å². The molecular formula is C20H20-2. The Labute approximate surface area is 121 Å². The van der Waals surface area contributed by atoms with Crippen LogP contribution in [0.2, 0.25) is 0 Å². The minimum Gasteiger partial charge on any atom is -0.189 e. The van der Waals surface area contributed by atoms with Crippen LogP contribution in [0, 0.1) is 24.2 Å². The molecule has 20 heavy (non-hydrogen) atoms.